The van der Waals surface area contributed by atoms with Crippen molar-refractivity contribution in [1.82, 2.24) is 4.57 Å². The Labute approximate surface area is 190 Å². The van der Waals surface area contributed by atoms with E-state index in [4.69, 9.17) is 9.57 Å². The number of aromatic nitrogens is 1. The highest BCUT2D eigenvalue weighted by atomic mass is 19.1. The van der Waals surface area contributed by atoms with Crippen LogP contribution in [0.5, 0.6) is 5.75 Å². The summed E-state index contributed by atoms with van der Waals surface area (Å²) in [5, 5.41) is 14.5. The number of halogens is 1. The molecule has 4 aromatic rings. The number of fused-ring (bicyclic) bond motifs is 1. The van der Waals surface area contributed by atoms with Gasteiger partial charge in [0.15, 0.2) is 0 Å². The Bertz CT molecular complexity index is 1300. The first-order chi connectivity index (χ1) is 16.0. The second-order valence-electron chi connectivity index (χ2n) is 7.39. The van der Waals surface area contributed by atoms with E-state index in [1.54, 1.807) is 24.3 Å². The van der Waals surface area contributed by atoms with Crippen LogP contribution in [0.1, 0.15) is 28.4 Å². The maximum absolute atomic E-state index is 13.3. The molecule has 7 heteroatoms. The van der Waals surface area contributed by atoms with Crippen LogP contribution >= 0.6 is 0 Å². The summed E-state index contributed by atoms with van der Waals surface area (Å²) in [6.45, 7) is 2.89. The third kappa shape index (κ3) is 5.20. The van der Waals surface area contributed by atoms with E-state index >= 15 is 0 Å². The molecule has 1 N–H and O–H groups in total. The van der Waals surface area contributed by atoms with Crippen molar-refractivity contribution < 1.29 is 23.9 Å². The van der Waals surface area contributed by atoms with E-state index < -0.39 is 5.97 Å². The minimum absolute atomic E-state index is 0.0909. The van der Waals surface area contributed by atoms with E-state index in [1.807, 2.05) is 37.4 Å². The van der Waals surface area contributed by atoms with Gasteiger partial charge in [-0.15, -0.1) is 0 Å². The first kappa shape index (κ1) is 22.1. The maximum atomic E-state index is 13.3. The van der Waals surface area contributed by atoms with Gasteiger partial charge in [-0.25, -0.2) is 9.18 Å². The fourth-order valence-electron chi connectivity index (χ4n) is 3.56. The molecular formula is C26H23FN2O4. The fourth-order valence-corrected chi connectivity index (χ4v) is 3.56. The van der Waals surface area contributed by atoms with Crippen LogP contribution in [-0.4, -0.2) is 34.6 Å². The van der Waals surface area contributed by atoms with Crippen LogP contribution in [-0.2, 0) is 11.4 Å². The lowest BCUT2D eigenvalue weighted by Crippen LogP contribution is -2.14. The van der Waals surface area contributed by atoms with Crippen molar-refractivity contribution in [3.05, 3.63) is 102 Å². The largest absolute Gasteiger partial charge is 0.487 e. The third-order valence-electron chi connectivity index (χ3n) is 5.13. The van der Waals surface area contributed by atoms with Crippen molar-refractivity contribution in [3.63, 3.8) is 0 Å². The number of hydrogen-bond acceptors (Lipinski definition) is 4. The molecule has 0 amide bonds. The Morgan fingerprint density at radius 3 is 2.61 bits per heavy atom. The highest BCUT2D eigenvalue weighted by molar-refractivity contribution is 6.11. The van der Waals surface area contributed by atoms with Gasteiger partial charge in [0.1, 0.15) is 30.5 Å². The molecule has 1 aromatic heterocycles. The van der Waals surface area contributed by atoms with E-state index in [1.165, 1.54) is 24.3 Å². The summed E-state index contributed by atoms with van der Waals surface area (Å²) in [4.78, 5) is 16.6. The van der Waals surface area contributed by atoms with Crippen LogP contribution in [0.2, 0.25) is 0 Å². The molecule has 0 radical (unpaired) electrons. The Morgan fingerprint density at radius 1 is 1.06 bits per heavy atom. The molecule has 4 rings (SSSR count). The molecule has 0 unspecified atom stereocenters. The minimum Gasteiger partial charge on any atom is -0.487 e. The highest BCUT2D eigenvalue weighted by Crippen LogP contribution is 2.24. The van der Waals surface area contributed by atoms with Crippen LogP contribution in [0.4, 0.5) is 4.39 Å². The quantitative estimate of drug-likeness (QED) is 0.278. The fraction of sp³-hybridized carbons (Fsp3) is 0.154. The number of ether oxygens (including phenoxy) is 1. The van der Waals surface area contributed by atoms with Crippen LogP contribution in [0.3, 0.4) is 0 Å². The summed E-state index contributed by atoms with van der Waals surface area (Å²) in [5.74, 6) is -0.867. The molecule has 1 heterocycles. The average Bonchev–Trinajstić information content (AvgIpc) is 3.19. The van der Waals surface area contributed by atoms with Crippen molar-refractivity contribution in [2.75, 3.05) is 13.2 Å². The molecule has 0 bridgehead atoms. The average molecular weight is 446 g/mol. The van der Waals surface area contributed by atoms with Gasteiger partial charge in [0.25, 0.3) is 0 Å². The second-order valence-corrected chi connectivity index (χ2v) is 7.39. The molecule has 168 valence electrons. The summed E-state index contributed by atoms with van der Waals surface area (Å²) >= 11 is 0. The van der Waals surface area contributed by atoms with Crippen molar-refractivity contribution in [2.24, 2.45) is 5.16 Å². The van der Waals surface area contributed by atoms with Crippen molar-refractivity contribution >= 4 is 22.6 Å². The molecule has 0 atom stereocenters. The number of para-hydroxylation sites is 1. The SMILES string of the molecule is CCO/N=C(\COc1cccc(C(=O)O)c1)c1cn(Cc2ccc(F)cc2)c2ccccc12. The molecule has 0 fully saturated rings. The van der Waals surface area contributed by atoms with Crippen molar-refractivity contribution in [2.45, 2.75) is 13.5 Å². The molecule has 33 heavy (non-hydrogen) atoms. The normalized spacial score (nSPS) is 11.5. The molecule has 3 aromatic carbocycles. The standard InChI is InChI=1S/C26H23FN2O4/c1-2-33-28-24(17-32-21-7-5-6-19(14-21)26(30)31)23-16-29(25-9-4-3-8-22(23)25)15-18-10-12-20(27)13-11-18/h3-14,16H,2,15,17H2,1H3,(H,30,31)/b28-24+. The monoisotopic (exact) mass is 446 g/mol. The summed E-state index contributed by atoms with van der Waals surface area (Å²) < 4.78 is 21.3. The molecule has 0 saturated carbocycles. The number of carboxylic acids is 1. The predicted octanol–water partition coefficient (Wildman–Crippen LogP) is 5.35. The number of rotatable bonds is 9. The number of carbonyl (C=O) groups is 1. The smallest absolute Gasteiger partial charge is 0.335 e. The van der Waals surface area contributed by atoms with Gasteiger partial charge in [0, 0.05) is 29.2 Å². The summed E-state index contributed by atoms with van der Waals surface area (Å²) in [7, 11) is 0. The van der Waals surface area contributed by atoms with Crippen molar-refractivity contribution in [3.8, 4) is 5.75 Å². The van der Waals surface area contributed by atoms with E-state index in [2.05, 4.69) is 9.72 Å². The van der Waals surface area contributed by atoms with Crippen LogP contribution in [0.25, 0.3) is 10.9 Å². The van der Waals surface area contributed by atoms with E-state index in [9.17, 15) is 14.3 Å². The number of aromatic carboxylic acids is 1. The van der Waals surface area contributed by atoms with Crippen LogP contribution in [0.15, 0.2) is 84.1 Å². The molecular weight excluding hydrogens is 423 g/mol. The van der Waals surface area contributed by atoms with Crippen LogP contribution < -0.4 is 4.74 Å². The summed E-state index contributed by atoms with van der Waals surface area (Å²) in [5.41, 5.74) is 3.52. The van der Waals surface area contributed by atoms with Crippen molar-refractivity contribution in [1.29, 1.82) is 0 Å². The zero-order valence-corrected chi connectivity index (χ0v) is 18.1. The first-order valence-corrected chi connectivity index (χ1v) is 10.5. The van der Waals surface area contributed by atoms with Gasteiger partial charge in [-0.1, -0.05) is 41.6 Å². The predicted molar refractivity (Wildman–Crippen MR) is 124 cm³/mol. The Morgan fingerprint density at radius 2 is 1.85 bits per heavy atom. The van der Waals surface area contributed by atoms with Crippen LogP contribution in [0, 0.1) is 5.82 Å². The number of hydrogen-bond donors (Lipinski definition) is 1. The molecule has 0 saturated heterocycles. The minimum atomic E-state index is -1.02. The lowest BCUT2D eigenvalue weighted by atomic mass is 10.1. The molecule has 0 aliphatic carbocycles. The second kappa shape index (κ2) is 9.99. The Hall–Kier alpha value is -4.13. The van der Waals surface area contributed by atoms with Gasteiger partial charge in [-0.3, -0.25) is 0 Å². The first-order valence-electron chi connectivity index (χ1n) is 10.5. The molecule has 0 spiro atoms. The van der Waals surface area contributed by atoms with Gasteiger partial charge in [0.05, 0.1) is 5.56 Å². The van der Waals surface area contributed by atoms with Gasteiger partial charge in [0.2, 0.25) is 0 Å². The molecule has 0 aliphatic rings. The van der Waals surface area contributed by atoms with Gasteiger partial charge >= 0.3 is 5.97 Å². The van der Waals surface area contributed by atoms with Gasteiger partial charge < -0.3 is 19.2 Å². The molecule has 6 nitrogen and oxygen atoms in total. The number of oxime groups is 1. The van der Waals surface area contributed by atoms with Gasteiger partial charge in [-0.05, 0) is 48.9 Å². The summed E-state index contributed by atoms with van der Waals surface area (Å²) in [6.07, 6.45) is 1.98. The number of nitrogens with zero attached hydrogens (tertiary/aromatic N) is 2. The lowest BCUT2D eigenvalue weighted by molar-refractivity contribution is 0.0696. The van der Waals surface area contributed by atoms with E-state index in [0.717, 1.165) is 22.0 Å². The Balaban J connectivity index is 1.66. The third-order valence-corrected chi connectivity index (χ3v) is 5.13. The number of benzene rings is 3. The highest BCUT2D eigenvalue weighted by Gasteiger charge is 2.16. The van der Waals surface area contributed by atoms with Gasteiger partial charge in [-0.2, -0.15) is 0 Å². The lowest BCUT2D eigenvalue weighted by Gasteiger charge is -2.09. The zero-order valence-electron chi connectivity index (χ0n) is 18.1. The Kier molecular flexibility index (Phi) is 6.69. The maximum Gasteiger partial charge on any atom is 0.335 e. The summed E-state index contributed by atoms with van der Waals surface area (Å²) in [6, 6.07) is 20.6. The van der Waals surface area contributed by atoms with E-state index in [-0.39, 0.29) is 18.0 Å². The topological polar surface area (TPSA) is 73.1 Å². The number of carboxylic acid groups (broad SMARTS) is 1. The zero-order chi connectivity index (χ0) is 23.2. The van der Waals surface area contributed by atoms with E-state index in [0.29, 0.717) is 24.6 Å². The molecule has 0 aliphatic heterocycles.